The Morgan fingerprint density at radius 1 is 1.23 bits per heavy atom. The minimum Gasteiger partial charge on any atom is -0.491 e. The van der Waals surface area contributed by atoms with Crippen molar-refractivity contribution >= 4 is 15.7 Å². The molecule has 22 heavy (non-hydrogen) atoms. The third-order valence-corrected chi connectivity index (χ3v) is 4.72. The van der Waals surface area contributed by atoms with E-state index in [0.717, 1.165) is 12.2 Å². The van der Waals surface area contributed by atoms with E-state index in [1.165, 1.54) is 0 Å². The molecule has 0 aliphatic carbocycles. The zero-order chi connectivity index (χ0) is 15.6. The van der Waals surface area contributed by atoms with Gasteiger partial charge in [-0.25, -0.2) is 8.42 Å². The molecule has 0 spiro atoms. The molecule has 1 fully saturated rings. The summed E-state index contributed by atoms with van der Waals surface area (Å²) in [5, 5.41) is 0. The van der Waals surface area contributed by atoms with Gasteiger partial charge in [0, 0.05) is 0 Å². The first kappa shape index (κ1) is 14.9. The number of aryl methyl sites for hydroxylation is 1. The second-order valence-corrected chi connectivity index (χ2v) is 6.84. The Morgan fingerprint density at radius 3 is 2.59 bits per heavy atom. The number of ether oxygens (including phenoxy) is 2. The summed E-state index contributed by atoms with van der Waals surface area (Å²) in [7, 11) is -3.58. The van der Waals surface area contributed by atoms with Crippen LogP contribution in [-0.4, -0.2) is 27.7 Å². The van der Waals surface area contributed by atoms with Crippen LogP contribution in [0.4, 0.5) is 5.69 Å². The molecule has 2 aromatic rings. The number of hydrogen-bond acceptors (Lipinski definition) is 4. The molecule has 5 nitrogen and oxygen atoms in total. The molecular weight excluding hydrogens is 302 g/mol. The predicted molar refractivity (Wildman–Crippen MR) is 83.7 cm³/mol. The summed E-state index contributed by atoms with van der Waals surface area (Å²) in [5.41, 5.74) is 1.34. The molecule has 0 amide bonds. The highest BCUT2D eigenvalue weighted by Gasteiger charge is 2.23. The average molecular weight is 319 g/mol. The van der Waals surface area contributed by atoms with E-state index in [4.69, 9.17) is 9.47 Å². The Labute approximate surface area is 129 Å². The molecule has 1 aliphatic heterocycles. The van der Waals surface area contributed by atoms with E-state index in [-0.39, 0.29) is 11.0 Å². The highest BCUT2D eigenvalue weighted by Crippen LogP contribution is 2.24. The number of anilines is 1. The molecule has 3 rings (SSSR count). The Balaban J connectivity index is 1.74. The van der Waals surface area contributed by atoms with E-state index in [1.807, 2.05) is 13.0 Å². The molecule has 1 unspecified atom stereocenters. The highest BCUT2D eigenvalue weighted by atomic mass is 32.2. The van der Waals surface area contributed by atoms with Crippen LogP contribution in [0.15, 0.2) is 53.4 Å². The van der Waals surface area contributed by atoms with E-state index in [2.05, 4.69) is 4.72 Å². The number of sulfonamides is 1. The van der Waals surface area contributed by atoms with Gasteiger partial charge in [-0.3, -0.25) is 4.72 Å². The molecule has 0 saturated carbocycles. The lowest BCUT2D eigenvalue weighted by atomic mass is 10.2. The first-order chi connectivity index (χ1) is 10.5. The number of hydrogen-bond donors (Lipinski definition) is 1. The van der Waals surface area contributed by atoms with Crippen LogP contribution in [0.25, 0.3) is 0 Å². The van der Waals surface area contributed by atoms with Crippen LogP contribution in [0.1, 0.15) is 5.56 Å². The van der Waals surface area contributed by atoms with Crippen LogP contribution in [-0.2, 0) is 14.8 Å². The van der Waals surface area contributed by atoms with Crippen LogP contribution >= 0.6 is 0 Å². The maximum absolute atomic E-state index is 12.3. The van der Waals surface area contributed by atoms with Crippen LogP contribution in [0.2, 0.25) is 0 Å². The monoisotopic (exact) mass is 319 g/mol. The lowest BCUT2D eigenvalue weighted by molar-refractivity contribution is 0.263. The van der Waals surface area contributed by atoms with E-state index in [0.29, 0.717) is 18.0 Å². The Morgan fingerprint density at radius 2 is 1.95 bits per heavy atom. The highest BCUT2D eigenvalue weighted by molar-refractivity contribution is 7.92. The molecule has 2 aromatic carbocycles. The number of nitrogens with one attached hydrogen (secondary N) is 1. The summed E-state index contributed by atoms with van der Waals surface area (Å²) in [4.78, 5) is 0.237. The number of rotatable bonds is 6. The maximum Gasteiger partial charge on any atom is 0.261 e. The number of epoxide rings is 1. The third-order valence-electron chi connectivity index (χ3n) is 3.33. The molecule has 1 N–H and O–H groups in total. The van der Waals surface area contributed by atoms with Gasteiger partial charge in [0.2, 0.25) is 0 Å². The van der Waals surface area contributed by atoms with Crippen molar-refractivity contribution < 1.29 is 17.9 Å². The van der Waals surface area contributed by atoms with Crippen molar-refractivity contribution in [2.45, 2.75) is 17.9 Å². The Hall–Kier alpha value is -2.05. The molecule has 1 aliphatic rings. The first-order valence-electron chi connectivity index (χ1n) is 6.97. The summed E-state index contributed by atoms with van der Waals surface area (Å²) >= 11 is 0. The van der Waals surface area contributed by atoms with E-state index in [1.54, 1.807) is 42.5 Å². The molecule has 0 radical (unpaired) electrons. The van der Waals surface area contributed by atoms with Gasteiger partial charge in [-0.2, -0.15) is 0 Å². The van der Waals surface area contributed by atoms with Crippen molar-refractivity contribution in [3.63, 3.8) is 0 Å². The van der Waals surface area contributed by atoms with Crippen molar-refractivity contribution in [2.24, 2.45) is 0 Å². The van der Waals surface area contributed by atoms with Crippen molar-refractivity contribution in [3.05, 3.63) is 54.1 Å². The van der Waals surface area contributed by atoms with E-state index >= 15 is 0 Å². The van der Waals surface area contributed by atoms with Crippen molar-refractivity contribution in [1.82, 2.24) is 0 Å². The van der Waals surface area contributed by atoms with Crippen LogP contribution in [0.5, 0.6) is 5.75 Å². The zero-order valence-corrected chi connectivity index (χ0v) is 13.0. The van der Waals surface area contributed by atoms with Crippen LogP contribution in [0, 0.1) is 6.92 Å². The van der Waals surface area contributed by atoms with Gasteiger partial charge < -0.3 is 9.47 Å². The maximum atomic E-state index is 12.3. The Kier molecular flexibility index (Phi) is 4.04. The van der Waals surface area contributed by atoms with Gasteiger partial charge in [0.15, 0.2) is 0 Å². The van der Waals surface area contributed by atoms with E-state index < -0.39 is 10.0 Å². The molecule has 1 heterocycles. The standard InChI is InChI=1S/C16H17NO4S/c1-12-9-13(20-10-14-11-21-14)7-8-16(12)17-22(18,19)15-5-3-2-4-6-15/h2-9,14,17H,10-11H2,1H3. The summed E-state index contributed by atoms with van der Waals surface area (Å²) in [5.74, 6) is 0.704. The third kappa shape index (κ3) is 3.58. The second kappa shape index (κ2) is 5.98. The first-order valence-corrected chi connectivity index (χ1v) is 8.46. The summed E-state index contributed by atoms with van der Waals surface area (Å²) in [6.07, 6.45) is 0.191. The lowest BCUT2D eigenvalue weighted by Crippen LogP contribution is -2.13. The molecule has 116 valence electrons. The second-order valence-electron chi connectivity index (χ2n) is 5.16. The van der Waals surface area contributed by atoms with Gasteiger partial charge in [0.1, 0.15) is 18.5 Å². The molecule has 0 bridgehead atoms. The minimum atomic E-state index is -3.58. The molecule has 1 saturated heterocycles. The van der Waals surface area contributed by atoms with Crippen molar-refractivity contribution in [3.8, 4) is 5.75 Å². The largest absolute Gasteiger partial charge is 0.491 e. The van der Waals surface area contributed by atoms with Gasteiger partial charge in [-0.15, -0.1) is 0 Å². The van der Waals surface area contributed by atoms with Gasteiger partial charge in [-0.1, -0.05) is 18.2 Å². The normalized spacial score (nSPS) is 17.0. The topological polar surface area (TPSA) is 67.9 Å². The van der Waals surface area contributed by atoms with E-state index in [9.17, 15) is 8.42 Å². The lowest BCUT2D eigenvalue weighted by Gasteiger charge is -2.12. The summed E-state index contributed by atoms with van der Waals surface area (Å²) in [6, 6.07) is 13.6. The summed E-state index contributed by atoms with van der Waals surface area (Å²) in [6.45, 7) is 3.10. The summed E-state index contributed by atoms with van der Waals surface area (Å²) < 4.78 is 37.9. The fourth-order valence-electron chi connectivity index (χ4n) is 2.00. The zero-order valence-electron chi connectivity index (χ0n) is 12.2. The predicted octanol–water partition coefficient (Wildman–Crippen LogP) is 2.57. The van der Waals surface area contributed by atoms with Crippen LogP contribution in [0.3, 0.4) is 0 Å². The molecule has 1 atom stereocenters. The minimum absolute atomic E-state index is 0.191. The fourth-order valence-corrected chi connectivity index (χ4v) is 3.15. The number of benzene rings is 2. The molecular formula is C16H17NO4S. The molecule has 6 heteroatoms. The van der Waals surface area contributed by atoms with Gasteiger partial charge in [0.25, 0.3) is 10.0 Å². The van der Waals surface area contributed by atoms with Gasteiger partial charge in [0.05, 0.1) is 17.2 Å². The van der Waals surface area contributed by atoms with Crippen LogP contribution < -0.4 is 9.46 Å². The molecule has 0 aromatic heterocycles. The quantitative estimate of drug-likeness (QED) is 0.831. The smallest absolute Gasteiger partial charge is 0.261 e. The SMILES string of the molecule is Cc1cc(OCC2CO2)ccc1NS(=O)(=O)c1ccccc1. The fraction of sp³-hybridized carbons (Fsp3) is 0.250. The van der Waals surface area contributed by atoms with Gasteiger partial charge >= 0.3 is 0 Å². The Bertz CT molecular complexity index is 755. The van der Waals surface area contributed by atoms with Crippen molar-refractivity contribution in [2.75, 3.05) is 17.9 Å². The average Bonchev–Trinajstić information content (AvgIpc) is 3.33. The van der Waals surface area contributed by atoms with Gasteiger partial charge in [-0.05, 0) is 42.8 Å². The van der Waals surface area contributed by atoms with Crippen molar-refractivity contribution in [1.29, 1.82) is 0 Å².